The third-order valence-corrected chi connectivity index (χ3v) is 6.48. The highest BCUT2D eigenvalue weighted by Crippen LogP contribution is 2.32. The SMILES string of the molecule is CC(CNC[C@H](O)c1ccc(O)c(NC=O)c1)Cc1cccc(C(=O)NCc2c(Cl)ccc(Cl)c2O)c1. The minimum atomic E-state index is -0.820. The van der Waals surface area contributed by atoms with Crippen molar-refractivity contribution in [2.45, 2.75) is 26.0 Å². The van der Waals surface area contributed by atoms with Gasteiger partial charge >= 0.3 is 0 Å². The number of rotatable bonds is 12. The molecule has 0 aliphatic carbocycles. The summed E-state index contributed by atoms with van der Waals surface area (Å²) in [6, 6.07) is 14.9. The van der Waals surface area contributed by atoms with Gasteiger partial charge in [-0.25, -0.2) is 0 Å². The Bertz CT molecular complexity index is 1250. The van der Waals surface area contributed by atoms with Crippen molar-refractivity contribution in [3.63, 3.8) is 0 Å². The normalized spacial score (nSPS) is 12.5. The minimum absolute atomic E-state index is 0.0324. The van der Waals surface area contributed by atoms with Crippen LogP contribution in [-0.4, -0.2) is 40.7 Å². The Morgan fingerprint density at radius 3 is 2.54 bits per heavy atom. The molecule has 6 N–H and O–H groups in total. The number of aliphatic hydroxyl groups excluding tert-OH is 1. The number of halogens is 2. The van der Waals surface area contributed by atoms with Gasteiger partial charge in [0, 0.05) is 29.2 Å². The zero-order valence-corrected chi connectivity index (χ0v) is 21.7. The Hall–Kier alpha value is -3.30. The summed E-state index contributed by atoms with van der Waals surface area (Å²) >= 11 is 12.1. The van der Waals surface area contributed by atoms with Crippen LogP contribution in [0.5, 0.6) is 11.5 Å². The molecule has 3 aromatic rings. The molecule has 0 aliphatic heterocycles. The Morgan fingerprint density at radius 2 is 1.78 bits per heavy atom. The molecule has 0 fully saturated rings. The van der Waals surface area contributed by atoms with Crippen LogP contribution in [-0.2, 0) is 17.8 Å². The molecule has 3 aromatic carbocycles. The lowest BCUT2D eigenvalue weighted by Gasteiger charge is -2.17. The summed E-state index contributed by atoms with van der Waals surface area (Å²) in [6.45, 7) is 3.00. The zero-order chi connectivity index (χ0) is 26.9. The van der Waals surface area contributed by atoms with E-state index in [1.165, 1.54) is 18.2 Å². The van der Waals surface area contributed by atoms with E-state index < -0.39 is 6.10 Å². The van der Waals surface area contributed by atoms with Gasteiger partial charge in [-0.15, -0.1) is 0 Å². The van der Waals surface area contributed by atoms with E-state index >= 15 is 0 Å². The summed E-state index contributed by atoms with van der Waals surface area (Å²) in [7, 11) is 0. The number of aliphatic hydroxyl groups is 1. The molecule has 0 radical (unpaired) electrons. The number of carbonyl (C=O) groups is 2. The second kappa shape index (κ2) is 13.3. The van der Waals surface area contributed by atoms with Gasteiger partial charge in [0.15, 0.2) is 0 Å². The van der Waals surface area contributed by atoms with E-state index in [9.17, 15) is 24.9 Å². The topological polar surface area (TPSA) is 131 Å². The van der Waals surface area contributed by atoms with Gasteiger partial charge < -0.3 is 31.3 Å². The molecule has 2 atom stereocenters. The minimum Gasteiger partial charge on any atom is -0.506 e. The molecule has 0 bridgehead atoms. The number of nitrogens with one attached hydrogen (secondary N) is 3. The molecule has 196 valence electrons. The van der Waals surface area contributed by atoms with Crippen LogP contribution in [0.4, 0.5) is 5.69 Å². The highest BCUT2D eigenvalue weighted by Gasteiger charge is 2.14. The molecular weight excluding hydrogens is 517 g/mol. The summed E-state index contributed by atoms with van der Waals surface area (Å²) in [5, 5.41) is 39.2. The van der Waals surface area contributed by atoms with Crippen LogP contribution in [0.25, 0.3) is 0 Å². The fourth-order valence-corrected chi connectivity index (χ4v) is 4.26. The van der Waals surface area contributed by atoms with E-state index in [0.29, 0.717) is 41.1 Å². The number of amides is 2. The van der Waals surface area contributed by atoms with Crippen LogP contribution >= 0.6 is 23.2 Å². The van der Waals surface area contributed by atoms with Crippen molar-refractivity contribution in [3.05, 3.63) is 86.9 Å². The fourth-order valence-electron chi connectivity index (χ4n) is 3.86. The van der Waals surface area contributed by atoms with E-state index in [-0.39, 0.29) is 47.1 Å². The van der Waals surface area contributed by atoms with Crippen LogP contribution in [0.3, 0.4) is 0 Å². The molecular formula is C27H29Cl2N3O5. The standard InChI is InChI=1S/C27H29Cl2N3O5/c1-16(12-30-14-25(35)18-5-8-24(34)23(11-18)32-15-33)9-17-3-2-4-19(10-17)27(37)31-13-20-21(28)6-7-22(29)26(20)36/h2-8,10-11,15-16,25,30,34-36H,9,12-14H2,1H3,(H,31,37)(H,32,33)/t16?,25-/m0/s1. The molecule has 8 nitrogen and oxygen atoms in total. The fraction of sp³-hybridized carbons (Fsp3) is 0.259. The molecule has 10 heteroatoms. The van der Waals surface area contributed by atoms with Crippen LogP contribution in [0.2, 0.25) is 10.0 Å². The van der Waals surface area contributed by atoms with Gasteiger partial charge in [-0.2, -0.15) is 0 Å². The maximum absolute atomic E-state index is 12.7. The van der Waals surface area contributed by atoms with Gasteiger partial charge in [0.05, 0.1) is 16.8 Å². The number of anilines is 1. The third-order valence-electron chi connectivity index (χ3n) is 5.83. The van der Waals surface area contributed by atoms with Gasteiger partial charge in [0.2, 0.25) is 6.41 Å². The summed E-state index contributed by atoms with van der Waals surface area (Å²) < 4.78 is 0. The number of hydrogen-bond donors (Lipinski definition) is 6. The highest BCUT2D eigenvalue weighted by atomic mass is 35.5. The summed E-state index contributed by atoms with van der Waals surface area (Å²) in [6.07, 6.45) is 0.348. The van der Waals surface area contributed by atoms with Gasteiger partial charge in [0.1, 0.15) is 11.5 Å². The number of carbonyl (C=O) groups excluding carboxylic acids is 2. The predicted molar refractivity (Wildman–Crippen MR) is 144 cm³/mol. The third kappa shape index (κ3) is 7.84. The van der Waals surface area contributed by atoms with Gasteiger partial charge in [-0.3, -0.25) is 9.59 Å². The Kier molecular flexibility index (Phi) is 10.2. The van der Waals surface area contributed by atoms with Crippen LogP contribution < -0.4 is 16.0 Å². The summed E-state index contributed by atoms with van der Waals surface area (Å²) in [5.41, 5.74) is 2.61. The molecule has 0 saturated heterocycles. The first-order valence-corrected chi connectivity index (χ1v) is 12.4. The summed E-state index contributed by atoms with van der Waals surface area (Å²) in [4.78, 5) is 23.3. The van der Waals surface area contributed by atoms with E-state index in [0.717, 1.165) is 5.56 Å². The lowest BCUT2D eigenvalue weighted by molar-refractivity contribution is -0.105. The highest BCUT2D eigenvalue weighted by molar-refractivity contribution is 6.34. The maximum Gasteiger partial charge on any atom is 0.251 e. The molecule has 0 saturated carbocycles. The monoisotopic (exact) mass is 545 g/mol. The molecule has 2 amide bonds. The zero-order valence-electron chi connectivity index (χ0n) is 20.2. The summed E-state index contributed by atoms with van der Waals surface area (Å²) in [5.74, 6) is -0.326. The Morgan fingerprint density at radius 1 is 1.03 bits per heavy atom. The first-order chi connectivity index (χ1) is 17.7. The van der Waals surface area contributed by atoms with E-state index in [1.807, 2.05) is 18.2 Å². The molecule has 3 rings (SSSR count). The second-order valence-electron chi connectivity index (χ2n) is 8.76. The van der Waals surface area contributed by atoms with Crippen molar-refractivity contribution >= 4 is 41.2 Å². The molecule has 0 heterocycles. The molecule has 37 heavy (non-hydrogen) atoms. The van der Waals surface area contributed by atoms with E-state index in [2.05, 4.69) is 22.9 Å². The number of benzene rings is 3. The molecule has 1 unspecified atom stereocenters. The van der Waals surface area contributed by atoms with Crippen LogP contribution in [0.1, 0.15) is 40.1 Å². The Labute approximate surface area is 225 Å². The van der Waals surface area contributed by atoms with Crippen molar-refractivity contribution < 1.29 is 24.9 Å². The largest absolute Gasteiger partial charge is 0.506 e. The Balaban J connectivity index is 1.50. The van der Waals surface area contributed by atoms with Crippen molar-refractivity contribution in [2.24, 2.45) is 5.92 Å². The average molecular weight is 546 g/mol. The van der Waals surface area contributed by atoms with Gasteiger partial charge in [0.25, 0.3) is 5.91 Å². The van der Waals surface area contributed by atoms with Crippen LogP contribution in [0.15, 0.2) is 54.6 Å². The smallest absolute Gasteiger partial charge is 0.251 e. The van der Waals surface area contributed by atoms with Crippen molar-refractivity contribution in [2.75, 3.05) is 18.4 Å². The predicted octanol–water partition coefficient (Wildman–Crippen LogP) is 4.40. The molecule has 0 aromatic heterocycles. The first-order valence-electron chi connectivity index (χ1n) is 11.6. The quantitative estimate of drug-likeness (QED) is 0.148. The number of phenolic OH excluding ortho intramolecular Hbond substituents is 2. The van der Waals surface area contributed by atoms with Gasteiger partial charge in [-0.05, 0) is 66.4 Å². The van der Waals surface area contributed by atoms with Crippen molar-refractivity contribution in [3.8, 4) is 11.5 Å². The lowest BCUT2D eigenvalue weighted by atomic mass is 9.99. The molecule has 0 aliphatic rings. The number of hydrogen-bond acceptors (Lipinski definition) is 6. The van der Waals surface area contributed by atoms with E-state index in [4.69, 9.17) is 23.2 Å². The number of phenols is 2. The van der Waals surface area contributed by atoms with Crippen molar-refractivity contribution in [1.29, 1.82) is 0 Å². The number of aromatic hydroxyl groups is 2. The lowest BCUT2D eigenvalue weighted by Crippen LogP contribution is -2.27. The van der Waals surface area contributed by atoms with Gasteiger partial charge in [-0.1, -0.05) is 48.3 Å². The average Bonchev–Trinajstić information content (AvgIpc) is 2.87. The van der Waals surface area contributed by atoms with E-state index in [1.54, 1.807) is 18.2 Å². The first kappa shape index (κ1) is 28.3. The molecule has 0 spiro atoms. The maximum atomic E-state index is 12.7. The second-order valence-corrected chi connectivity index (χ2v) is 9.58. The van der Waals surface area contributed by atoms with Crippen LogP contribution in [0, 0.1) is 5.92 Å². The van der Waals surface area contributed by atoms with Crippen molar-refractivity contribution in [1.82, 2.24) is 10.6 Å².